The minimum atomic E-state index is -1.57. The quantitative estimate of drug-likeness (QED) is 0.158. The normalized spacial score (nSPS) is 18.6. The molecule has 3 rings (SSSR count). The lowest BCUT2D eigenvalue weighted by Crippen LogP contribution is -2.53. The largest absolute Gasteiger partial charge is 0.494 e. The highest BCUT2D eigenvalue weighted by Crippen LogP contribution is 2.45. The van der Waals surface area contributed by atoms with Gasteiger partial charge in [-0.15, -0.1) is 0 Å². The number of benzene rings is 2. The summed E-state index contributed by atoms with van der Waals surface area (Å²) in [5.74, 6) is 0.160. The summed E-state index contributed by atoms with van der Waals surface area (Å²) in [5.41, 5.74) is 4.59. The van der Waals surface area contributed by atoms with Gasteiger partial charge in [-0.3, -0.25) is 15.0 Å². The lowest BCUT2D eigenvalue weighted by atomic mass is 9.83. The number of aliphatic hydroxyl groups is 1. The van der Waals surface area contributed by atoms with Gasteiger partial charge in [0.25, 0.3) is 5.91 Å². The number of rotatable bonds is 13. The fourth-order valence-electron chi connectivity index (χ4n) is 4.19. The highest BCUT2D eigenvalue weighted by molar-refractivity contribution is 6.35. The Labute approximate surface area is 251 Å². The molecule has 41 heavy (non-hydrogen) atoms. The lowest BCUT2D eigenvalue weighted by Gasteiger charge is -2.31. The smallest absolute Gasteiger partial charge is 0.306 e. The summed E-state index contributed by atoms with van der Waals surface area (Å²) in [5, 5.41) is 9.73. The molecular weight excluding hydrogens is 569 g/mol. The van der Waals surface area contributed by atoms with Crippen LogP contribution in [0.1, 0.15) is 71.1 Å². The number of amides is 1. The van der Waals surface area contributed by atoms with Crippen LogP contribution in [-0.2, 0) is 19.1 Å². The molecule has 2 atom stereocenters. The first kappa shape index (κ1) is 32.7. The summed E-state index contributed by atoms with van der Waals surface area (Å²) in [6, 6.07) is 12.0. The standard InChI is InChI=1S/C30H39Cl2N3O6/c1-19(2)18-33-35-28(38)30(14-13-25(37)41-29(3,4)5)26(23-12-9-21(31)17-24(23)32)40-27(34-30)20-7-10-22(11-8-20)39-16-6-15-36/h7-12,17,19,26,33,36H,6,13-16,18H2,1-5H3,(H,35,38)/t26-,30-/m0/s1. The Morgan fingerprint density at radius 2 is 1.85 bits per heavy atom. The van der Waals surface area contributed by atoms with Crippen LogP contribution < -0.4 is 15.6 Å². The van der Waals surface area contributed by atoms with Gasteiger partial charge < -0.3 is 19.3 Å². The molecule has 1 aliphatic heterocycles. The number of halogens is 2. The maximum absolute atomic E-state index is 14.0. The van der Waals surface area contributed by atoms with Crippen LogP contribution in [0.15, 0.2) is 47.5 Å². The summed E-state index contributed by atoms with van der Waals surface area (Å²) in [4.78, 5) is 31.6. The number of aliphatic imine (C=N–C) groups is 1. The van der Waals surface area contributed by atoms with Crippen LogP contribution >= 0.6 is 23.2 Å². The molecule has 0 radical (unpaired) electrons. The van der Waals surface area contributed by atoms with Crippen LogP contribution in [0, 0.1) is 5.92 Å². The van der Waals surface area contributed by atoms with Crippen LogP contribution in [0.25, 0.3) is 0 Å². The van der Waals surface area contributed by atoms with Crippen molar-refractivity contribution in [2.24, 2.45) is 10.9 Å². The van der Waals surface area contributed by atoms with Gasteiger partial charge in [0.1, 0.15) is 11.4 Å². The van der Waals surface area contributed by atoms with E-state index in [1.807, 2.05) is 13.8 Å². The van der Waals surface area contributed by atoms with Crippen molar-refractivity contribution in [3.63, 3.8) is 0 Å². The van der Waals surface area contributed by atoms with Crippen molar-refractivity contribution < 1.29 is 28.9 Å². The molecule has 9 nitrogen and oxygen atoms in total. The van der Waals surface area contributed by atoms with Crippen LogP contribution in [0.5, 0.6) is 5.75 Å². The highest BCUT2D eigenvalue weighted by Gasteiger charge is 2.54. The summed E-state index contributed by atoms with van der Waals surface area (Å²) in [6.07, 6.45) is -0.548. The Kier molecular flexibility index (Phi) is 11.4. The molecule has 2 aromatic carbocycles. The number of ether oxygens (including phenoxy) is 3. The lowest BCUT2D eigenvalue weighted by molar-refractivity contribution is -0.155. The van der Waals surface area contributed by atoms with Gasteiger partial charge in [-0.1, -0.05) is 43.1 Å². The van der Waals surface area contributed by atoms with Crippen molar-refractivity contribution in [1.82, 2.24) is 10.9 Å². The van der Waals surface area contributed by atoms with Gasteiger partial charge in [-0.2, -0.15) is 0 Å². The molecule has 0 saturated heterocycles. The molecule has 0 saturated carbocycles. The zero-order chi connectivity index (χ0) is 30.2. The second kappa shape index (κ2) is 14.4. The summed E-state index contributed by atoms with van der Waals surface area (Å²) >= 11 is 12.8. The van der Waals surface area contributed by atoms with Gasteiger partial charge in [-0.05, 0) is 69.5 Å². The molecule has 1 amide bonds. The number of hydrogen-bond donors (Lipinski definition) is 3. The van der Waals surface area contributed by atoms with Gasteiger partial charge >= 0.3 is 5.97 Å². The second-order valence-electron chi connectivity index (χ2n) is 11.3. The third-order valence-electron chi connectivity index (χ3n) is 6.12. The van der Waals surface area contributed by atoms with Gasteiger partial charge in [0.05, 0.1) is 6.61 Å². The zero-order valence-corrected chi connectivity index (χ0v) is 25.6. The predicted octanol–water partition coefficient (Wildman–Crippen LogP) is 5.41. The first-order valence-electron chi connectivity index (χ1n) is 13.7. The molecule has 0 bridgehead atoms. The molecule has 1 heterocycles. The molecule has 0 aliphatic carbocycles. The Morgan fingerprint density at radius 3 is 2.46 bits per heavy atom. The van der Waals surface area contributed by atoms with Gasteiger partial charge in [-0.25, -0.2) is 10.4 Å². The number of nitrogens with zero attached hydrogens (tertiary/aromatic N) is 1. The summed E-state index contributed by atoms with van der Waals surface area (Å²) in [7, 11) is 0. The SMILES string of the molecule is CC(C)CNNC(=O)[C@@]1(CCC(=O)OC(C)(C)C)N=C(c2ccc(OCCCO)cc2)O[C@H]1c1ccc(Cl)cc1Cl. The predicted molar refractivity (Wildman–Crippen MR) is 159 cm³/mol. The van der Waals surface area contributed by atoms with E-state index in [4.69, 9.17) is 47.5 Å². The van der Waals surface area contributed by atoms with E-state index < -0.39 is 29.1 Å². The van der Waals surface area contributed by atoms with E-state index in [-0.39, 0.29) is 31.3 Å². The average molecular weight is 609 g/mol. The van der Waals surface area contributed by atoms with Crippen molar-refractivity contribution >= 4 is 41.0 Å². The van der Waals surface area contributed by atoms with E-state index in [2.05, 4.69) is 10.9 Å². The molecular formula is C30H39Cl2N3O6. The number of aliphatic hydroxyl groups excluding tert-OH is 1. The van der Waals surface area contributed by atoms with Crippen molar-refractivity contribution in [3.8, 4) is 5.75 Å². The first-order valence-corrected chi connectivity index (χ1v) is 14.4. The molecule has 0 aromatic heterocycles. The summed E-state index contributed by atoms with van der Waals surface area (Å²) < 4.78 is 17.6. The van der Waals surface area contributed by atoms with E-state index in [1.54, 1.807) is 63.2 Å². The molecule has 11 heteroatoms. The minimum absolute atomic E-state index is 0.00736. The number of nitrogens with one attached hydrogen (secondary N) is 2. The topological polar surface area (TPSA) is 118 Å². The molecule has 3 N–H and O–H groups in total. The second-order valence-corrected chi connectivity index (χ2v) is 12.1. The zero-order valence-electron chi connectivity index (χ0n) is 24.1. The number of esters is 1. The average Bonchev–Trinajstić information content (AvgIpc) is 3.27. The molecule has 0 fully saturated rings. The third kappa shape index (κ3) is 9.07. The Hall–Kier alpha value is -2.85. The van der Waals surface area contributed by atoms with Crippen LogP contribution in [0.3, 0.4) is 0 Å². The van der Waals surface area contributed by atoms with Gasteiger partial charge in [0.2, 0.25) is 5.90 Å². The number of hydrogen-bond acceptors (Lipinski definition) is 8. The minimum Gasteiger partial charge on any atom is -0.494 e. The van der Waals surface area contributed by atoms with Crippen molar-refractivity contribution in [1.29, 1.82) is 0 Å². The van der Waals surface area contributed by atoms with Crippen LogP contribution in [0.4, 0.5) is 0 Å². The van der Waals surface area contributed by atoms with Crippen molar-refractivity contribution in [2.75, 3.05) is 19.8 Å². The number of carbonyl (C=O) groups is 2. The third-order valence-corrected chi connectivity index (χ3v) is 6.68. The highest BCUT2D eigenvalue weighted by atomic mass is 35.5. The van der Waals surface area contributed by atoms with Crippen LogP contribution in [0.2, 0.25) is 10.0 Å². The monoisotopic (exact) mass is 607 g/mol. The van der Waals surface area contributed by atoms with Crippen molar-refractivity contribution in [2.45, 2.75) is 71.1 Å². The number of carbonyl (C=O) groups excluding carboxylic acids is 2. The summed E-state index contributed by atoms with van der Waals surface area (Å²) in [6.45, 7) is 10.3. The van der Waals surface area contributed by atoms with E-state index >= 15 is 0 Å². The fraction of sp³-hybridized carbons (Fsp3) is 0.500. The maximum atomic E-state index is 14.0. The fourth-order valence-corrected chi connectivity index (χ4v) is 4.70. The van der Waals surface area contributed by atoms with Crippen LogP contribution in [-0.4, -0.2) is 53.8 Å². The van der Waals surface area contributed by atoms with Gasteiger partial charge in [0.15, 0.2) is 11.6 Å². The van der Waals surface area contributed by atoms with E-state index in [9.17, 15) is 9.59 Å². The molecule has 2 aromatic rings. The maximum Gasteiger partial charge on any atom is 0.306 e. The Morgan fingerprint density at radius 1 is 1.15 bits per heavy atom. The van der Waals surface area contributed by atoms with Gasteiger partial charge in [0, 0.05) is 47.2 Å². The molecule has 0 spiro atoms. The van der Waals surface area contributed by atoms with E-state index in [0.29, 0.717) is 46.5 Å². The Bertz CT molecular complexity index is 1230. The molecule has 1 aliphatic rings. The molecule has 224 valence electrons. The number of hydrazine groups is 1. The first-order chi connectivity index (χ1) is 19.3. The van der Waals surface area contributed by atoms with E-state index in [1.165, 1.54) is 0 Å². The molecule has 0 unspecified atom stereocenters. The Balaban J connectivity index is 2.04. The van der Waals surface area contributed by atoms with Crippen molar-refractivity contribution in [3.05, 3.63) is 63.6 Å². The van der Waals surface area contributed by atoms with E-state index in [0.717, 1.165) is 0 Å².